The van der Waals surface area contributed by atoms with Gasteiger partial charge in [-0.25, -0.2) is 4.57 Å². The SMILES string of the molecule is CCc1cc(-c2nnc(O)n2-c2ccc(CN3CCOCC3)cc2)c(O)cc1O. The van der Waals surface area contributed by atoms with E-state index in [-0.39, 0.29) is 17.5 Å². The fraction of sp³-hybridized carbons (Fsp3) is 0.333. The van der Waals surface area contributed by atoms with Gasteiger partial charge < -0.3 is 20.1 Å². The van der Waals surface area contributed by atoms with Crippen LogP contribution in [0.3, 0.4) is 0 Å². The molecule has 0 aliphatic carbocycles. The topological polar surface area (TPSA) is 104 Å². The van der Waals surface area contributed by atoms with E-state index in [0.29, 0.717) is 29.1 Å². The molecule has 2 aromatic carbocycles. The Kier molecular flexibility index (Phi) is 5.37. The van der Waals surface area contributed by atoms with Gasteiger partial charge in [-0.05, 0) is 35.7 Å². The minimum atomic E-state index is -0.272. The summed E-state index contributed by atoms with van der Waals surface area (Å²) in [7, 11) is 0. The molecule has 8 heteroatoms. The van der Waals surface area contributed by atoms with E-state index < -0.39 is 0 Å². The van der Waals surface area contributed by atoms with Crippen LogP contribution in [0.2, 0.25) is 0 Å². The van der Waals surface area contributed by atoms with Crippen molar-refractivity contribution in [3.63, 3.8) is 0 Å². The molecule has 1 aliphatic heterocycles. The van der Waals surface area contributed by atoms with Crippen LogP contribution >= 0.6 is 0 Å². The lowest BCUT2D eigenvalue weighted by molar-refractivity contribution is 0.0342. The van der Waals surface area contributed by atoms with Gasteiger partial charge in [0.1, 0.15) is 11.5 Å². The first-order valence-electron chi connectivity index (χ1n) is 9.66. The molecule has 152 valence electrons. The second-order valence-corrected chi connectivity index (χ2v) is 7.07. The van der Waals surface area contributed by atoms with Gasteiger partial charge in [-0.3, -0.25) is 4.90 Å². The number of aryl methyl sites for hydroxylation is 1. The molecule has 0 bridgehead atoms. The predicted molar refractivity (Wildman–Crippen MR) is 107 cm³/mol. The molecule has 1 aliphatic rings. The molecule has 4 rings (SSSR count). The van der Waals surface area contributed by atoms with Gasteiger partial charge in [0.25, 0.3) is 0 Å². The monoisotopic (exact) mass is 396 g/mol. The molecule has 1 aromatic heterocycles. The van der Waals surface area contributed by atoms with Gasteiger partial charge in [-0.2, -0.15) is 0 Å². The molecule has 0 spiro atoms. The summed E-state index contributed by atoms with van der Waals surface area (Å²) in [6.07, 6.45) is 0.593. The van der Waals surface area contributed by atoms with Crippen LogP contribution in [0.15, 0.2) is 36.4 Å². The van der Waals surface area contributed by atoms with Crippen LogP contribution in [0.4, 0.5) is 0 Å². The number of phenolic OH excluding ortho intramolecular Hbond substituents is 2. The van der Waals surface area contributed by atoms with Crippen molar-refractivity contribution in [1.29, 1.82) is 0 Å². The number of aromatic hydroxyl groups is 3. The number of aromatic nitrogens is 3. The minimum absolute atomic E-state index is 0.0245. The highest BCUT2D eigenvalue weighted by atomic mass is 16.5. The van der Waals surface area contributed by atoms with Crippen molar-refractivity contribution in [2.24, 2.45) is 0 Å². The maximum atomic E-state index is 10.3. The summed E-state index contributed by atoms with van der Waals surface area (Å²) in [5, 5.41) is 38.4. The minimum Gasteiger partial charge on any atom is -0.508 e. The normalized spacial score (nSPS) is 14.9. The molecule has 3 aromatic rings. The largest absolute Gasteiger partial charge is 0.508 e. The summed E-state index contributed by atoms with van der Waals surface area (Å²) in [5.74, 6) is 0.199. The molecule has 0 unspecified atom stereocenters. The predicted octanol–water partition coefficient (Wildman–Crippen LogP) is 2.45. The van der Waals surface area contributed by atoms with Gasteiger partial charge in [0, 0.05) is 25.7 Å². The second-order valence-electron chi connectivity index (χ2n) is 7.07. The zero-order chi connectivity index (χ0) is 20.4. The number of ether oxygens (including phenoxy) is 1. The molecule has 3 N–H and O–H groups in total. The fourth-order valence-electron chi connectivity index (χ4n) is 3.54. The number of benzene rings is 2. The van der Waals surface area contributed by atoms with Crippen LogP contribution < -0.4 is 0 Å². The summed E-state index contributed by atoms with van der Waals surface area (Å²) in [4.78, 5) is 2.33. The standard InChI is InChI=1S/C21H24N4O4/c1-2-15-11-17(19(27)12-18(15)26)20-22-23-21(28)25(20)16-5-3-14(4-6-16)13-24-7-9-29-10-8-24/h3-6,11-12,26-27H,2,7-10,13H2,1H3,(H,23,28). The molecule has 8 nitrogen and oxygen atoms in total. The van der Waals surface area contributed by atoms with Gasteiger partial charge in [0.2, 0.25) is 0 Å². The van der Waals surface area contributed by atoms with E-state index in [1.54, 1.807) is 6.07 Å². The van der Waals surface area contributed by atoms with E-state index in [2.05, 4.69) is 15.1 Å². The van der Waals surface area contributed by atoms with Crippen molar-refractivity contribution >= 4 is 0 Å². The van der Waals surface area contributed by atoms with Crippen LogP contribution in [-0.2, 0) is 17.7 Å². The zero-order valence-electron chi connectivity index (χ0n) is 16.2. The lowest BCUT2D eigenvalue weighted by Gasteiger charge is -2.26. The molecule has 0 amide bonds. The molecule has 0 radical (unpaired) electrons. The summed E-state index contributed by atoms with van der Waals surface area (Å²) < 4.78 is 6.86. The molecule has 0 saturated carbocycles. The Hall–Kier alpha value is -3.10. The van der Waals surface area contributed by atoms with Crippen LogP contribution in [0, 0.1) is 0 Å². The van der Waals surface area contributed by atoms with Crippen molar-refractivity contribution in [2.45, 2.75) is 19.9 Å². The Labute approximate surface area is 168 Å². The number of hydrogen-bond acceptors (Lipinski definition) is 7. The Morgan fingerprint density at radius 3 is 2.38 bits per heavy atom. The quantitative estimate of drug-likeness (QED) is 0.608. The van der Waals surface area contributed by atoms with Crippen molar-refractivity contribution in [2.75, 3.05) is 26.3 Å². The Bertz CT molecular complexity index is 995. The maximum Gasteiger partial charge on any atom is 0.319 e. The fourth-order valence-corrected chi connectivity index (χ4v) is 3.54. The van der Waals surface area contributed by atoms with E-state index in [0.717, 1.165) is 38.4 Å². The smallest absolute Gasteiger partial charge is 0.319 e. The van der Waals surface area contributed by atoms with Crippen molar-refractivity contribution in [1.82, 2.24) is 19.7 Å². The third kappa shape index (κ3) is 3.90. The second kappa shape index (κ2) is 8.10. The summed E-state index contributed by atoms with van der Waals surface area (Å²) in [5.41, 5.74) is 2.90. The third-order valence-electron chi connectivity index (χ3n) is 5.17. The van der Waals surface area contributed by atoms with E-state index in [1.807, 2.05) is 31.2 Å². The van der Waals surface area contributed by atoms with E-state index in [4.69, 9.17) is 4.74 Å². The van der Waals surface area contributed by atoms with Gasteiger partial charge in [0.05, 0.1) is 24.5 Å². The number of morpholine rings is 1. The highest BCUT2D eigenvalue weighted by molar-refractivity contribution is 5.69. The van der Waals surface area contributed by atoms with E-state index in [9.17, 15) is 15.3 Å². The lowest BCUT2D eigenvalue weighted by Crippen LogP contribution is -2.35. The highest BCUT2D eigenvalue weighted by Gasteiger charge is 2.20. The van der Waals surface area contributed by atoms with Crippen LogP contribution in [0.1, 0.15) is 18.1 Å². The van der Waals surface area contributed by atoms with Crippen molar-refractivity contribution in [3.8, 4) is 34.6 Å². The Balaban J connectivity index is 1.66. The van der Waals surface area contributed by atoms with Crippen molar-refractivity contribution in [3.05, 3.63) is 47.5 Å². The number of phenols is 2. The molecule has 1 fully saturated rings. The Morgan fingerprint density at radius 1 is 0.966 bits per heavy atom. The number of hydrogen-bond donors (Lipinski definition) is 3. The van der Waals surface area contributed by atoms with Gasteiger partial charge in [-0.15, -0.1) is 5.10 Å². The average Bonchev–Trinajstić information content (AvgIpc) is 3.11. The average molecular weight is 396 g/mol. The van der Waals surface area contributed by atoms with E-state index in [1.165, 1.54) is 10.6 Å². The molecular weight excluding hydrogens is 372 g/mol. The highest BCUT2D eigenvalue weighted by Crippen LogP contribution is 2.36. The summed E-state index contributed by atoms with van der Waals surface area (Å²) in [6, 6.07) is 10.5. The molecule has 2 heterocycles. The van der Waals surface area contributed by atoms with E-state index >= 15 is 0 Å². The summed E-state index contributed by atoms with van der Waals surface area (Å²) >= 11 is 0. The van der Waals surface area contributed by atoms with Gasteiger partial charge in [-0.1, -0.05) is 24.2 Å². The van der Waals surface area contributed by atoms with Crippen LogP contribution in [0.5, 0.6) is 17.5 Å². The molecule has 0 atom stereocenters. The summed E-state index contributed by atoms with van der Waals surface area (Å²) in [6.45, 7) is 6.09. The van der Waals surface area contributed by atoms with Crippen LogP contribution in [-0.4, -0.2) is 61.3 Å². The molecular formula is C21H24N4O4. The maximum absolute atomic E-state index is 10.3. The first kappa shape index (κ1) is 19.2. The molecule has 29 heavy (non-hydrogen) atoms. The van der Waals surface area contributed by atoms with Gasteiger partial charge >= 0.3 is 6.01 Å². The number of nitrogens with zero attached hydrogens (tertiary/aromatic N) is 4. The number of rotatable bonds is 5. The first-order valence-corrected chi connectivity index (χ1v) is 9.66. The first-order chi connectivity index (χ1) is 14.1. The third-order valence-corrected chi connectivity index (χ3v) is 5.17. The Morgan fingerprint density at radius 2 is 1.69 bits per heavy atom. The van der Waals surface area contributed by atoms with Crippen LogP contribution in [0.25, 0.3) is 17.1 Å². The van der Waals surface area contributed by atoms with Gasteiger partial charge in [0.15, 0.2) is 5.82 Å². The molecule has 1 saturated heterocycles. The lowest BCUT2D eigenvalue weighted by atomic mass is 10.1. The zero-order valence-corrected chi connectivity index (χ0v) is 16.2. The van der Waals surface area contributed by atoms with Crippen molar-refractivity contribution < 1.29 is 20.1 Å².